The summed E-state index contributed by atoms with van der Waals surface area (Å²) >= 11 is 0. The third-order valence-corrected chi connectivity index (χ3v) is 6.70. The number of rotatable bonds is 8. The summed E-state index contributed by atoms with van der Waals surface area (Å²) in [6, 6.07) is 6.10. The van der Waals surface area contributed by atoms with Gasteiger partial charge in [-0.1, -0.05) is 12.1 Å². The zero-order chi connectivity index (χ0) is 28.5. The van der Waals surface area contributed by atoms with E-state index >= 15 is 0 Å². The molecule has 0 radical (unpaired) electrons. The Balaban J connectivity index is 2.02. The molecule has 12 nitrogen and oxygen atoms in total. The van der Waals surface area contributed by atoms with Gasteiger partial charge in [-0.3, -0.25) is 14.4 Å². The third-order valence-electron chi connectivity index (χ3n) is 6.70. The number of phenols is 2. The summed E-state index contributed by atoms with van der Waals surface area (Å²) in [5.74, 6) is -1.81. The van der Waals surface area contributed by atoms with Crippen molar-refractivity contribution in [3.05, 3.63) is 47.5 Å². The number of benzene rings is 2. The molecule has 1 heterocycles. The third kappa shape index (κ3) is 8.14. The van der Waals surface area contributed by atoms with Gasteiger partial charge in [0.05, 0.1) is 12.6 Å². The fourth-order valence-electron chi connectivity index (χ4n) is 4.35. The number of nitrogens with one attached hydrogen (secondary N) is 3. The quantitative estimate of drug-likeness (QED) is 0.193. The average molecular weight is 543 g/mol. The minimum atomic E-state index is -1.10. The monoisotopic (exact) mass is 542 g/mol. The molecule has 212 valence electrons. The zero-order valence-corrected chi connectivity index (χ0v) is 21.7. The number of fused-ring (bicyclic) bond motifs is 5. The molecule has 0 fully saturated rings. The Hall–Kier alpha value is -3.71. The van der Waals surface area contributed by atoms with Crippen LogP contribution in [-0.4, -0.2) is 76.9 Å². The fraction of sp³-hybridized carbons (Fsp3) is 0.444. The Morgan fingerprint density at radius 2 is 1.62 bits per heavy atom. The minimum absolute atomic E-state index is 0.0166. The van der Waals surface area contributed by atoms with Crippen molar-refractivity contribution < 1.29 is 29.7 Å². The largest absolute Gasteiger partial charge is 0.508 e. The fourth-order valence-corrected chi connectivity index (χ4v) is 4.35. The Morgan fingerprint density at radius 3 is 2.21 bits per heavy atom. The summed E-state index contributed by atoms with van der Waals surface area (Å²) in [6.45, 7) is 0.208. The molecule has 12 N–H and O–H groups in total. The maximum atomic E-state index is 13.3. The SMILES string of the molecule is NCCC[C@H]1NC(=O)[C@@H](N)Cc2cc(ccc2O)-c2ccc(O)c(c2)C[C@H](C(=O)NCC[C@H](N)CO)NC1=O. The second-order valence-electron chi connectivity index (χ2n) is 9.78. The maximum absolute atomic E-state index is 13.3. The highest BCUT2D eigenvalue weighted by atomic mass is 16.3. The molecule has 39 heavy (non-hydrogen) atoms. The first-order valence-electron chi connectivity index (χ1n) is 13.0. The Labute approximate surface area is 226 Å². The lowest BCUT2D eigenvalue weighted by Gasteiger charge is -2.24. The molecule has 1 aliphatic rings. The molecule has 2 aromatic rings. The van der Waals surface area contributed by atoms with Gasteiger partial charge in [0.1, 0.15) is 23.6 Å². The standard InChI is InChI=1S/C27H38N6O6/c28-8-1-2-21-27(39)33-22(26(38)31-9-7-19(29)14-34)13-18-11-16(4-6-24(18)36)15-3-5-23(35)17(10-15)12-20(30)25(37)32-21/h3-6,10-11,19-22,34-36H,1-2,7-9,12-14,28-30H2,(H,31,38)(H,32,37)(H,33,39)/t19-,20-,21+,22+/m0/s1. The topological polar surface area (TPSA) is 226 Å². The van der Waals surface area contributed by atoms with Crippen LogP contribution in [0.4, 0.5) is 0 Å². The van der Waals surface area contributed by atoms with Gasteiger partial charge >= 0.3 is 0 Å². The smallest absolute Gasteiger partial charge is 0.243 e. The van der Waals surface area contributed by atoms with Gasteiger partial charge in [-0.15, -0.1) is 0 Å². The van der Waals surface area contributed by atoms with Crippen LogP contribution < -0.4 is 33.2 Å². The van der Waals surface area contributed by atoms with Crippen LogP contribution >= 0.6 is 0 Å². The highest BCUT2D eigenvalue weighted by Crippen LogP contribution is 2.30. The number of aliphatic hydroxyl groups excluding tert-OH is 1. The van der Waals surface area contributed by atoms with E-state index in [0.717, 1.165) is 0 Å². The van der Waals surface area contributed by atoms with Crippen LogP contribution in [0.3, 0.4) is 0 Å². The van der Waals surface area contributed by atoms with Crippen LogP contribution in [-0.2, 0) is 27.2 Å². The van der Waals surface area contributed by atoms with Crippen molar-refractivity contribution in [3.63, 3.8) is 0 Å². The van der Waals surface area contributed by atoms with E-state index in [9.17, 15) is 24.6 Å². The van der Waals surface area contributed by atoms with Crippen molar-refractivity contribution in [1.29, 1.82) is 0 Å². The molecule has 0 saturated carbocycles. The first-order valence-corrected chi connectivity index (χ1v) is 13.0. The van der Waals surface area contributed by atoms with Gasteiger partial charge < -0.3 is 48.5 Å². The minimum Gasteiger partial charge on any atom is -0.508 e. The molecule has 0 spiro atoms. The molecule has 3 rings (SSSR count). The predicted octanol–water partition coefficient (Wildman–Crippen LogP) is -1.27. The van der Waals surface area contributed by atoms with E-state index in [1.165, 1.54) is 12.1 Å². The number of aromatic hydroxyl groups is 2. The molecule has 1 aliphatic heterocycles. The van der Waals surface area contributed by atoms with E-state index in [1.54, 1.807) is 24.3 Å². The summed E-state index contributed by atoms with van der Waals surface area (Å²) in [6.07, 6.45) is 0.922. The molecular weight excluding hydrogens is 504 g/mol. The zero-order valence-electron chi connectivity index (χ0n) is 21.7. The molecule has 4 atom stereocenters. The lowest BCUT2D eigenvalue weighted by Crippen LogP contribution is -2.56. The molecule has 0 aliphatic carbocycles. The van der Waals surface area contributed by atoms with Crippen LogP contribution in [0.15, 0.2) is 36.4 Å². The second-order valence-corrected chi connectivity index (χ2v) is 9.78. The van der Waals surface area contributed by atoms with Gasteiger partial charge in [-0.25, -0.2) is 0 Å². The number of phenolic OH excluding ortho intramolecular Hbond substituents is 2. The van der Waals surface area contributed by atoms with Crippen molar-refractivity contribution in [2.45, 2.75) is 56.3 Å². The van der Waals surface area contributed by atoms with E-state index < -0.39 is 41.9 Å². The molecule has 2 aromatic carbocycles. The second kappa shape index (κ2) is 13.9. The summed E-state index contributed by atoms with van der Waals surface area (Å²) < 4.78 is 0. The summed E-state index contributed by atoms with van der Waals surface area (Å²) in [4.78, 5) is 39.4. The van der Waals surface area contributed by atoms with E-state index in [4.69, 9.17) is 22.3 Å². The Morgan fingerprint density at radius 1 is 1.00 bits per heavy atom. The predicted molar refractivity (Wildman–Crippen MR) is 145 cm³/mol. The number of hydrogen-bond acceptors (Lipinski definition) is 9. The lowest BCUT2D eigenvalue weighted by molar-refractivity contribution is -0.132. The molecule has 4 bridgehead atoms. The van der Waals surface area contributed by atoms with Gasteiger partial charge in [0, 0.05) is 25.4 Å². The Bertz CT molecular complexity index is 1180. The first-order chi connectivity index (χ1) is 18.6. The molecule has 0 aromatic heterocycles. The molecule has 0 unspecified atom stereocenters. The van der Waals surface area contributed by atoms with E-state index in [2.05, 4.69) is 16.0 Å². The summed E-state index contributed by atoms with van der Waals surface area (Å²) in [5.41, 5.74) is 19.8. The van der Waals surface area contributed by atoms with E-state index in [-0.39, 0.29) is 50.5 Å². The van der Waals surface area contributed by atoms with Crippen LogP contribution in [0.5, 0.6) is 11.5 Å². The molecule has 3 amide bonds. The maximum Gasteiger partial charge on any atom is 0.243 e. The Kier molecular flexibility index (Phi) is 10.6. The number of carbonyl (C=O) groups is 3. The number of aliphatic hydroxyl groups is 1. The van der Waals surface area contributed by atoms with Crippen LogP contribution in [0.1, 0.15) is 30.4 Å². The van der Waals surface area contributed by atoms with Crippen molar-refractivity contribution in [2.75, 3.05) is 19.7 Å². The summed E-state index contributed by atoms with van der Waals surface area (Å²) in [7, 11) is 0. The molecule has 0 saturated heterocycles. The number of amides is 3. The summed E-state index contributed by atoms with van der Waals surface area (Å²) in [5, 5.41) is 38.2. The van der Waals surface area contributed by atoms with Crippen LogP contribution in [0.25, 0.3) is 11.1 Å². The highest BCUT2D eigenvalue weighted by molar-refractivity contribution is 5.93. The molecule has 12 heteroatoms. The van der Waals surface area contributed by atoms with Crippen LogP contribution in [0, 0.1) is 0 Å². The van der Waals surface area contributed by atoms with E-state index in [1.807, 2.05) is 0 Å². The van der Waals surface area contributed by atoms with Gasteiger partial charge in [0.15, 0.2) is 0 Å². The number of nitrogens with two attached hydrogens (primary N) is 3. The van der Waals surface area contributed by atoms with Gasteiger partial charge in [0.25, 0.3) is 0 Å². The van der Waals surface area contributed by atoms with Gasteiger partial charge in [0.2, 0.25) is 17.7 Å². The van der Waals surface area contributed by atoms with Crippen LogP contribution in [0.2, 0.25) is 0 Å². The number of hydrogen-bond donors (Lipinski definition) is 9. The normalized spacial score (nSPS) is 20.7. The molecular formula is C27H38N6O6. The van der Waals surface area contributed by atoms with Crippen molar-refractivity contribution in [1.82, 2.24) is 16.0 Å². The van der Waals surface area contributed by atoms with Crippen molar-refractivity contribution >= 4 is 17.7 Å². The highest BCUT2D eigenvalue weighted by Gasteiger charge is 2.29. The lowest BCUT2D eigenvalue weighted by atomic mass is 9.95. The van der Waals surface area contributed by atoms with Crippen molar-refractivity contribution in [2.24, 2.45) is 17.2 Å². The first kappa shape index (κ1) is 29.8. The van der Waals surface area contributed by atoms with E-state index in [0.29, 0.717) is 35.1 Å². The average Bonchev–Trinajstić information content (AvgIpc) is 2.92. The van der Waals surface area contributed by atoms with Gasteiger partial charge in [-0.05, 0) is 72.3 Å². The number of carbonyl (C=O) groups excluding carboxylic acids is 3. The van der Waals surface area contributed by atoms with Gasteiger partial charge in [-0.2, -0.15) is 0 Å². The van der Waals surface area contributed by atoms with Crippen molar-refractivity contribution in [3.8, 4) is 22.6 Å².